The molecule has 0 saturated heterocycles. The lowest BCUT2D eigenvalue weighted by molar-refractivity contribution is 0.173. The van der Waals surface area contributed by atoms with E-state index in [1.807, 2.05) is 25.1 Å². The predicted octanol–water partition coefficient (Wildman–Crippen LogP) is 1.64. The standard InChI is InChI=1S/C13H15N3O/c1-9-4-5-11(16-8-9)12(17)7-10-3-2-6-15-13(10)14/h2-6,8,12,17H,7H2,1H3,(H2,14,15). The second kappa shape index (κ2) is 4.93. The fourth-order valence-corrected chi connectivity index (χ4v) is 1.61. The normalized spacial score (nSPS) is 12.4. The molecule has 1 unspecified atom stereocenters. The van der Waals surface area contributed by atoms with E-state index in [0.29, 0.717) is 17.9 Å². The van der Waals surface area contributed by atoms with E-state index in [4.69, 9.17) is 5.73 Å². The van der Waals surface area contributed by atoms with Crippen LogP contribution in [0.3, 0.4) is 0 Å². The molecule has 2 aromatic rings. The van der Waals surface area contributed by atoms with Crippen LogP contribution in [0.4, 0.5) is 5.82 Å². The molecule has 0 fully saturated rings. The highest BCUT2D eigenvalue weighted by atomic mass is 16.3. The van der Waals surface area contributed by atoms with E-state index >= 15 is 0 Å². The Morgan fingerprint density at radius 2 is 2.12 bits per heavy atom. The van der Waals surface area contributed by atoms with Gasteiger partial charge in [0, 0.05) is 18.8 Å². The van der Waals surface area contributed by atoms with Gasteiger partial charge in [-0.1, -0.05) is 12.1 Å². The van der Waals surface area contributed by atoms with Crippen LogP contribution in [0.5, 0.6) is 0 Å². The Morgan fingerprint density at radius 3 is 2.76 bits per heavy atom. The number of anilines is 1. The Kier molecular flexibility index (Phi) is 3.35. The van der Waals surface area contributed by atoms with Crippen molar-refractivity contribution in [3.05, 3.63) is 53.5 Å². The fourth-order valence-electron chi connectivity index (χ4n) is 1.61. The van der Waals surface area contributed by atoms with Gasteiger partial charge in [-0.25, -0.2) is 4.98 Å². The minimum atomic E-state index is -0.651. The van der Waals surface area contributed by atoms with Gasteiger partial charge in [0.1, 0.15) is 11.9 Å². The van der Waals surface area contributed by atoms with Crippen molar-refractivity contribution < 1.29 is 5.11 Å². The Morgan fingerprint density at radius 1 is 1.29 bits per heavy atom. The van der Waals surface area contributed by atoms with Gasteiger partial charge in [-0.3, -0.25) is 4.98 Å². The van der Waals surface area contributed by atoms with Crippen molar-refractivity contribution in [1.29, 1.82) is 0 Å². The van der Waals surface area contributed by atoms with Gasteiger partial charge >= 0.3 is 0 Å². The molecule has 2 rings (SSSR count). The van der Waals surface area contributed by atoms with Gasteiger partial charge in [0.25, 0.3) is 0 Å². The van der Waals surface area contributed by atoms with Crippen LogP contribution >= 0.6 is 0 Å². The Balaban J connectivity index is 2.14. The van der Waals surface area contributed by atoms with Crippen LogP contribution in [0.25, 0.3) is 0 Å². The second-order valence-corrected chi connectivity index (χ2v) is 4.03. The van der Waals surface area contributed by atoms with E-state index in [2.05, 4.69) is 9.97 Å². The molecular formula is C13H15N3O. The minimum Gasteiger partial charge on any atom is -0.386 e. The molecule has 1 atom stereocenters. The van der Waals surface area contributed by atoms with Crippen molar-refractivity contribution in [3.63, 3.8) is 0 Å². The van der Waals surface area contributed by atoms with E-state index in [1.54, 1.807) is 18.5 Å². The first-order valence-corrected chi connectivity index (χ1v) is 5.47. The number of aromatic nitrogens is 2. The largest absolute Gasteiger partial charge is 0.386 e. The van der Waals surface area contributed by atoms with Crippen LogP contribution in [-0.4, -0.2) is 15.1 Å². The third-order valence-corrected chi connectivity index (χ3v) is 2.62. The molecule has 0 aliphatic heterocycles. The van der Waals surface area contributed by atoms with Gasteiger partial charge < -0.3 is 10.8 Å². The van der Waals surface area contributed by atoms with Gasteiger partial charge in [0.15, 0.2) is 0 Å². The maximum absolute atomic E-state index is 10.0. The number of nitrogen functional groups attached to an aromatic ring is 1. The van der Waals surface area contributed by atoms with Crippen molar-refractivity contribution in [3.8, 4) is 0 Å². The van der Waals surface area contributed by atoms with Gasteiger partial charge in [-0.2, -0.15) is 0 Å². The Labute approximate surface area is 100 Å². The fraction of sp³-hybridized carbons (Fsp3) is 0.231. The smallest absolute Gasteiger partial charge is 0.126 e. The van der Waals surface area contributed by atoms with E-state index < -0.39 is 6.10 Å². The maximum Gasteiger partial charge on any atom is 0.126 e. The van der Waals surface area contributed by atoms with Crippen LogP contribution in [0.1, 0.15) is 22.9 Å². The van der Waals surface area contributed by atoms with Crippen LogP contribution in [0.2, 0.25) is 0 Å². The SMILES string of the molecule is Cc1ccc(C(O)Cc2cccnc2N)nc1. The molecule has 0 aromatic carbocycles. The van der Waals surface area contributed by atoms with Gasteiger partial charge in [-0.05, 0) is 30.2 Å². The summed E-state index contributed by atoms with van der Waals surface area (Å²) in [5.74, 6) is 0.457. The number of rotatable bonds is 3. The quantitative estimate of drug-likeness (QED) is 0.839. The van der Waals surface area contributed by atoms with E-state index in [9.17, 15) is 5.11 Å². The lowest BCUT2D eigenvalue weighted by Crippen LogP contribution is -2.06. The average Bonchev–Trinajstić information content (AvgIpc) is 2.33. The Bertz CT molecular complexity index is 496. The van der Waals surface area contributed by atoms with Gasteiger partial charge in [-0.15, -0.1) is 0 Å². The van der Waals surface area contributed by atoms with Crippen molar-refractivity contribution in [2.45, 2.75) is 19.4 Å². The summed E-state index contributed by atoms with van der Waals surface area (Å²) in [7, 11) is 0. The molecular weight excluding hydrogens is 214 g/mol. The first-order chi connectivity index (χ1) is 8.16. The Hall–Kier alpha value is -1.94. The van der Waals surface area contributed by atoms with E-state index in [-0.39, 0.29) is 0 Å². The summed E-state index contributed by atoms with van der Waals surface area (Å²) in [5, 5.41) is 10.0. The van der Waals surface area contributed by atoms with Crippen molar-refractivity contribution in [2.75, 3.05) is 5.73 Å². The van der Waals surface area contributed by atoms with Crippen LogP contribution in [0, 0.1) is 6.92 Å². The summed E-state index contributed by atoms with van der Waals surface area (Å²) in [6, 6.07) is 7.42. The molecule has 0 aliphatic carbocycles. The molecule has 4 nitrogen and oxygen atoms in total. The molecule has 2 aromatic heterocycles. The number of pyridine rings is 2. The number of aliphatic hydroxyl groups is 1. The number of aryl methyl sites for hydroxylation is 1. The molecule has 2 heterocycles. The van der Waals surface area contributed by atoms with Crippen LogP contribution in [0.15, 0.2) is 36.7 Å². The topological polar surface area (TPSA) is 72.0 Å². The molecule has 0 amide bonds. The van der Waals surface area contributed by atoms with Gasteiger partial charge in [0.2, 0.25) is 0 Å². The van der Waals surface area contributed by atoms with Crippen LogP contribution in [-0.2, 0) is 6.42 Å². The summed E-state index contributed by atoms with van der Waals surface area (Å²) in [5.41, 5.74) is 8.29. The molecule has 0 spiro atoms. The molecule has 0 bridgehead atoms. The molecule has 17 heavy (non-hydrogen) atoms. The molecule has 0 radical (unpaired) electrons. The number of aliphatic hydroxyl groups excluding tert-OH is 1. The van der Waals surface area contributed by atoms with E-state index in [1.165, 1.54) is 0 Å². The number of nitrogens with zero attached hydrogens (tertiary/aromatic N) is 2. The minimum absolute atomic E-state index is 0.426. The monoisotopic (exact) mass is 229 g/mol. The third-order valence-electron chi connectivity index (χ3n) is 2.62. The summed E-state index contributed by atoms with van der Waals surface area (Å²) in [4.78, 5) is 8.18. The summed E-state index contributed by atoms with van der Waals surface area (Å²) >= 11 is 0. The molecule has 4 heteroatoms. The molecule has 3 N–H and O–H groups in total. The maximum atomic E-state index is 10.0. The molecule has 0 aliphatic rings. The number of hydrogen-bond acceptors (Lipinski definition) is 4. The highest BCUT2D eigenvalue weighted by Gasteiger charge is 2.11. The van der Waals surface area contributed by atoms with Crippen LogP contribution < -0.4 is 5.73 Å². The lowest BCUT2D eigenvalue weighted by atomic mass is 10.1. The van der Waals surface area contributed by atoms with Crippen molar-refractivity contribution in [1.82, 2.24) is 9.97 Å². The average molecular weight is 229 g/mol. The van der Waals surface area contributed by atoms with Gasteiger partial charge in [0.05, 0.1) is 5.69 Å². The zero-order valence-corrected chi connectivity index (χ0v) is 9.67. The number of nitrogens with two attached hydrogens (primary N) is 1. The summed E-state index contributed by atoms with van der Waals surface area (Å²) in [6.45, 7) is 1.96. The first-order valence-electron chi connectivity index (χ1n) is 5.47. The lowest BCUT2D eigenvalue weighted by Gasteiger charge is -2.11. The van der Waals surface area contributed by atoms with Crippen molar-refractivity contribution in [2.24, 2.45) is 0 Å². The zero-order chi connectivity index (χ0) is 12.3. The summed E-state index contributed by atoms with van der Waals surface area (Å²) < 4.78 is 0. The molecule has 88 valence electrons. The third kappa shape index (κ3) is 2.79. The highest BCUT2D eigenvalue weighted by molar-refractivity contribution is 5.39. The summed E-state index contributed by atoms with van der Waals surface area (Å²) in [6.07, 6.45) is 3.15. The first kappa shape index (κ1) is 11.5. The highest BCUT2D eigenvalue weighted by Crippen LogP contribution is 2.19. The van der Waals surface area contributed by atoms with E-state index in [0.717, 1.165) is 11.1 Å². The molecule has 0 saturated carbocycles. The second-order valence-electron chi connectivity index (χ2n) is 4.03. The zero-order valence-electron chi connectivity index (χ0n) is 9.67. The predicted molar refractivity (Wildman–Crippen MR) is 66.3 cm³/mol. The number of hydrogen-bond donors (Lipinski definition) is 2. The van der Waals surface area contributed by atoms with Crippen molar-refractivity contribution >= 4 is 5.82 Å².